The summed E-state index contributed by atoms with van der Waals surface area (Å²) in [6, 6.07) is 15.7. The molecular formula is C24H27FN4O2. The molecule has 0 fully saturated rings. The Morgan fingerprint density at radius 1 is 1.06 bits per heavy atom. The van der Waals surface area contributed by atoms with Crippen molar-refractivity contribution in [3.8, 4) is 16.8 Å². The number of aryl methyl sites for hydroxylation is 1. The van der Waals surface area contributed by atoms with Gasteiger partial charge in [0.05, 0.1) is 11.4 Å². The molecule has 31 heavy (non-hydrogen) atoms. The van der Waals surface area contributed by atoms with Crippen molar-refractivity contribution < 1.29 is 14.0 Å². The summed E-state index contributed by atoms with van der Waals surface area (Å²) in [5.74, 6) is -0.427. The molecule has 3 aromatic rings. The molecule has 1 heterocycles. The molecule has 0 aliphatic rings. The molecule has 1 atom stereocenters. The van der Waals surface area contributed by atoms with E-state index >= 15 is 0 Å². The molecule has 0 saturated heterocycles. The first-order valence-electron chi connectivity index (χ1n) is 10.4. The lowest BCUT2D eigenvalue weighted by molar-refractivity contribution is -0.124. The second-order valence-electron chi connectivity index (χ2n) is 7.49. The molecule has 1 aromatic heterocycles. The first kappa shape index (κ1) is 22.2. The molecule has 7 heteroatoms. The SMILES string of the molecule is CC[C@H](C)NC(=O)CCC(=O)Nc1c(-c2ccccc2)c(C)nn1-c1cccc(F)c1. The summed E-state index contributed by atoms with van der Waals surface area (Å²) < 4.78 is 15.4. The molecule has 0 radical (unpaired) electrons. The van der Waals surface area contributed by atoms with Crippen LogP contribution >= 0.6 is 0 Å². The Bertz CT molecular complexity index is 1060. The third-order valence-corrected chi connectivity index (χ3v) is 5.03. The molecule has 3 rings (SSSR count). The second kappa shape index (κ2) is 10.0. The summed E-state index contributed by atoms with van der Waals surface area (Å²) in [6.07, 6.45) is 0.943. The van der Waals surface area contributed by atoms with E-state index in [-0.39, 0.29) is 30.7 Å². The summed E-state index contributed by atoms with van der Waals surface area (Å²) in [5, 5.41) is 10.3. The van der Waals surface area contributed by atoms with Crippen LogP contribution in [0.15, 0.2) is 54.6 Å². The lowest BCUT2D eigenvalue weighted by Crippen LogP contribution is -2.32. The van der Waals surface area contributed by atoms with Gasteiger partial charge in [-0.15, -0.1) is 0 Å². The van der Waals surface area contributed by atoms with E-state index in [1.807, 2.05) is 51.1 Å². The van der Waals surface area contributed by atoms with Gasteiger partial charge < -0.3 is 10.6 Å². The Labute approximate surface area is 181 Å². The largest absolute Gasteiger partial charge is 0.354 e. The summed E-state index contributed by atoms with van der Waals surface area (Å²) in [4.78, 5) is 24.7. The molecule has 0 unspecified atom stereocenters. The average Bonchev–Trinajstić information content (AvgIpc) is 3.08. The Hall–Kier alpha value is -3.48. The highest BCUT2D eigenvalue weighted by Crippen LogP contribution is 2.33. The van der Waals surface area contributed by atoms with Gasteiger partial charge in [-0.25, -0.2) is 9.07 Å². The van der Waals surface area contributed by atoms with E-state index in [1.165, 1.54) is 16.8 Å². The first-order valence-corrected chi connectivity index (χ1v) is 10.4. The number of aromatic nitrogens is 2. The van der Waals surface area contributed by atoms with Crippen LogP contribution in [0.1, 0.15) is 38.8 Å². The van der Waals surface area contributed by atoms with E-state index in [4.69, 9.17) is 0 Å². The number of hydrogen-bond acceptors (Lipinski definition) is 3. The van der Waals surface area contributed by atoms with E-state index in [0.717, 1.165) is 17.5 Å². The fraction of sp³-hybridized carbons (Fsp3) is 0.292. The van der Waals surface area contributed by atoms with Crippen molar-refractivity contribution in [2.45, 2.75) is 46.1 Å². The number of hydrogen-bond donors (Lipinski definition) is 2. The van der Waals surface area contributed by atoms with Crippen LogP contribution < -0.4 is 10.6 Å². The minimum atomic E-state index is -0.397. The quantitative estimate of drug-likeness (QED) is 0.556. The van der Waals surface area contributed by atoms with Crippen LogP contribution in [0.4, 0.5) is 10.2 Å². The lowest BCUT2D eigenvalue weighted by atomic mass is 10.1. The average molecular weight is 423 g/mol. The van der Waals surface area contributed by atoms with Crippen molar-refractivity contribution in [3.05, 3.63) is 66.1 Å². The second-order valence-corrected chi connectivity index (χ2v) is 7.49. The lowest BCUT2D eigenvalue weighted by Gasteiger charge is -2.13. The van der Waals surface area contributed by atoms with Gasteiger partial charge in [0.1, 0.15) is 11.6 Å². The maximum absolute atomic E-state index is 13.8. The van der Waals surface area contributed by atoms with Gasteiger partial charge >= 0.3 is 0 Å². The number of anilines is 1. The van der Waals surface area contributed by atoms with Crippen molar-refractivity contribution in [2.24, 2.45) is 0 Å². The molecule has 0 bridgehead atoms. The van der Waals surface area contributed by atoms with Crippen molar-refractivity contribution in [2.75, 3.05) is 5.32 Å². The standard InChI is InChI=1S/C24H27FN4O2/c1-4-16(2)26-21(30)13-14-22(31)27-24-23(18-9-6-5-7-10-18)17(3)28-29(24)20-12-8-11-19(25)15-20/h5-12,15-16H,4,13-14H2,1-3H3,(H,26,30)(H,27,31)/t16-/m0/s1. The van der Waals surface area contributed by atoms with E-state index in [9.17, 15) is 14.0 Å². The van der Waals surface area contributed by atoms with E-state index in [0.29, 0.717) is 17.2 Å². The zero-order chi connectivity index (χ0) is 22.4. The van der Waals surface area contributed by atoms with Gasteiger partial charge in [-0.3, -0.25) is 9.59 Å². The number of nitrogens with one attached hydrogen (secondary N) is 2. The molecule has 2 aromatic carbocycles. The molecule has 2 amide bonds. The van der Waals surface area contributed by atoms with Crippen LogP contribution in [-0.4, -0.2) is 27.6 Å². The van der Waals surface area contributed by atoms with Gasteiger partial charge in [-0.05, 0) is 44.0 Å². The molecule has 162 valence electrons. The van der Waals surface area contributed by atoms with Crippen LogP contribution in [0, 0.1) is 12.7 Å². The van der Waals surface area contributed by atoms with Crippen LogP contribution in [0.2, 0.25) is 0 Å². The molecule has 0 spiro atoms. The Morgan fingerprint density at radius 3 is 2.45 bits per heavy atom. The smallest absolute Gasteiger partial charge is 0.226 e. The van der Waals surface area contributed by atoms with E-state index in [1.54, 1.807) is 12.1 Å². The first-order chi connectivity index (χ1) is 14.9. The Morgan fingerprint density at radius 2 is 1.77 bits per heavy atom. The summed E-state index contributed by atoms with van der Waals surface area (Å²) >= 11 is 0. The molecule has 0 saturated carbocycles. The zero-order valence-electron chi connectivity index (χ0n) is 18.0. The molecule has 2 N–H and O–H groups in total. The highest BCUT2D eigenvalue weighted by molar-refractivity contribution is 5.97. The summed E-state index contributed by atoms with van der Waals surface area (Å²) in [7, 11) is 0. The van der Waals surface area contributed by atoms with Crippen molar-refractivity contribution in [1.29, 1.82) is 0 Å². The van der Waals surface area contributed by atoms with Gasteiger partial charge in [-0.2, -0.15) is 5.10 Å². The van der Waals surface area contributed by atoms with Crippen molar-refractivity contribution in [1.82, 2.24) is 15.1 Å². The van der Waals surface area contributed by atoms with Gasteiger partial charge in [0, 0.05) is 24.4 Å². The minimum Gasteiger partial charge on any atom is -0.354 e. The monoisotopic (exact) mass is 422 g/mol. The summed E-state index contributed by atoms with van der Waals surface area (Å²) in [5.41, 5.74) is 2.82. The fourth-order valence-electron chi connectivity index (χ4n) is 3.26. The van der Waals surface area contributed by atoms with Crippen LogP contribution in [0.5, 0.6) is 0 Å². The third kappa shape index (κ3) is 5.57. The maximum Gasteiger partial charge on any atom is 0.226 e. The fourth-order valence-corrected chi connectivity index (χ4v) is 3.26. The van der Waals surface area contributed by atoms with Crippen LogP contribution in [0.25, 0.3) is 16.8 Å². The topological polar surface area (TPSA) is 76.0 Å². The highest BCUT2D eigenvalue weighted by atomic mass is 19.1. The third-order valence-electron chi connectivity index (χ3n) is 5.03. The minimum absolute atomic E-state index is 0.0316. The number of halogens is 1. The highest BCUT2D eigenvalue weighted by Gasteiger charge is 2.20. The van der Waals surface area contributed by atoms with Gasteiger partial charge in [0.2, 0.25) is 11.8 Å². The molecule has 6 nitrogen and oxygen atoms in total. The maximum atomic E-state index is 13.8. The van der Waals surface area contributed by atoms with E-state index in [2.05, 4.69) is 15.7 Å². The Balaban J connectivity index is 1.90. The van der Waals surface area contributed by atoms with Gasteiger partial charge in [0.15, 0.2) is 0 Å². The zero-order valence-corrected chi connectivity index (χ0v) is 18.0. The number of nitrogens with zero attached hydrogens (tertiary/aromatic N) is 2. The Kier molecular flexibility index (Phi) is 7.18. The number of amides is 2. The van der Waals surface area contributed by atoms with Gasteiger partial charge in [0.25, 0.3) is 0 Å². The van der Waals surface area contributed by atoms with Crippen molar-refractivity contribution >= 4 is 17.6 Å². The number of carbonyl (C=O) groups excluding carboxylic acids is 2. The van der Waals surface area contributed by atoms with E-state index < -0.39 is 5.82 Å². The normalized spacial score (nSPS) is 11.7. The number of benzene rings is 2. The predicted molar refractivity (Wildman–Crippen MR) is 119 cm³/mol. The van der Waals surface area contributed by atoms with Gasteiger partial charge in [-0.1, -0.05) is 43.3 Å². The summed E-state index contributed by atoms with van der Waals surface area (Å²) in [6.45, 7) is 5.75. The molecule has 0 aliphatic carbocycles. The molecule has 0 aliphatic heterocycles. The number of rotatable bonds is 8. The van der Waals surface area contributed by atoms with Crippen molar-refractivity contribution in [3.63, 3.8) is 0 Å². The number of carbonyl (C=O) groups is 2. The van der Waals surface area contributed by atoms with Crippen LogP contribution in [0.3, 0.4) is 0 Å². The van der Waals surface area contributed by atoms with Crippen LogP contribution in [-0.2, 0) is 9.59 Å². The predicted octanol–water partition coefficient (Wildman–Crippen LogP) is 4.62. The molecular weight excluding hydrogens is 395 g/mol.